The minimum absolute atomic E-state index is 0.148. The summed E-state index contributed by atoms with van der Waals surface area (Å²) >= 11 is 0. The van der Waals surface area contributed by atoms with Crippen LogP contribution in [0.2, 0.25) is 0 Å². The fraction of sp³-hybridized carbons (Fsp3) is 0.350. The Balaban J connectivity index is 1.66. The molecule has 2 aromatic carbocycles. The van der Waals surface area contributed by atoms with Gasteiger partial charge in [0.05, 0.1) is 31.6 Å². The molecule has 1 aliphatic heterocycles. The zero-order valence-electron chi connectivity index (χ0n) is 15.8. The molecule has 3 rings (SSSR count). The second kappa shape index (κ2) is 9.18. The number of ether oxygens (including phenoxy) is 2. The summed E-state index contributed by atoms with van der Waals surface area (Å²) in [4.78, 5) is 12.5. The minimum Gasteiger partial charge on any atom is -0.497 e. The molecule has 0 aliphatic carbocycles. The molecule has 1 aliphatic rings. The second-order valence-corrected chi connectivity index (χ2v) is 8.33. The highest BCUT2D eigenvalue weighted by Gasteiger charge is 2.28. The lowest BCUT2D eigenvalue weighted by Gasteiger charge is -2.27. The largest absolute Gasteiger partial charge is 0.497 e. The Kier molecular flexibility index (Phi) is 6.66. The molecule has 1 fully saturated rings. The molecule has 8 heteroatoms. The van der Waals surface area contributed by atoms with Gasteiger partial charge >= 0.3 is 0 Å². The van der Waals surface area contributed by atoms with E-state index in [2.05, 4.69) is 5.32 Å². The average Bonchev–Trinajstić information content (AvgIpc) is 2.73. The van der Waals surface area contributed by atoms with Gasteiger partial charge in [-0.3, -0.25) is 4.79 Å². The Morgan fingerprint density at radius 2 is 1.79 bits per heavy atom. The van der Waals surface area contributed by atoms with Gasteiger partial charge in [0.1, 0.15) is 5.75 Å². The number of rotatable bonds is 7. The van der Waals surface area contributed by atoms with Crippen LogP contribution in [-0.2, 0) is 32.5 Å². The smallest absolute Gasteiger partial charge is 0.243 e. The molecule has 0 spiro atoms. The number of amides is 1. The van der Waals surface area contributed by atoms with Crippen molar-refractivity contribution >= 4 is 15.9 Å². The summed E-state index contributed by atoms with van der Waals surface area (Å²) in [6.45, 7) is 1.59. The number of hydrogen-bond acceptors (Lipinski definition) is 5. The highest BCUT2D eigenvalue weighted by atomic mass is 32.2. The number of nitrogens with one attached hydrogen (secondary N) is 1. The van der Waals surface area contributed by atoms with Crippen molar-refractivity contribution in [3.8, 4) is 5.75 Å². The van der Waals surface area contributed by atoms with Crippen LogP contribution >= 0.6 is 0 Å². The zero-order chi connectivity index (χ0) is 20.0. The van der Waals surface area contributed by atoms with E-state index in [4.69, 9.17) is 9.47 Å². The van der Waals surface area contributed by atoms with E-state index in [9.17, 15) is 13.2 Å². The molecule has 7 nitrogen and oxygen atoms in total. The Labute approximate surface area is 165 Å². The molecule has 28 heavy (non-hydrogen) atoms. The van der Waals surface area contributed by atoms with Crippen molar-refractivity contribution in [1.29, 1.82) is 0 Å². The fourth-order valence-electron chi connectivity index (χ4n) is 3.01. The standard InChI is InChI=1S/C20H24N2O5S/c1-26-18-8-6-16(7-9-18)14-20(23)21-15-17-4-2-3-5-19(17)28(24,25)22-10-12-27-13-11-22/h2-9H,10-15H2,1H3,(H,21,23). The third kappa shape index (κ3) is 4.89. The molecule has 1 N–H and O–H groups in total. The van der Waals surface area contributed by atoms with Gasteiger partial charge < -0.3 is 14.8 Å². The van der Waals surface area contributed by atoms with Crippen LogP contribution in [0.3, 0.4) is 0 Å². The van der Waals surface area contributed by atoms with Gasteiger partial charge in [-0.25, -0.2) is 8.42 Å². The van der Waals surface area contributed by atoms with Gasteiger partial charge in [-0.15, -0.1) is 0 Å². The van der Waals surface area contributed by atoms with Gasteiger partial charge in [0.2, 0.25) is 15.9 Å². The first-order valence-corrected chi connectivity index (χ1v) is 10.5. The number of methoxy groups -OCH3 is 1. The van der Waals surface area contributed by atoms with Gasteiger partial charge in [0.15, 0.2) is 0 Å². The Bertz CT molecular complexity index is 906. The van der Waals surface area contributed by atoms with Crippen LogP contribution in [0.1, 0.15) is 11.1 Å². The monoisotopic (exact) mass is 404 g/mol. The number of morpholine rings is 1. The molecule has 2 aromatic rings. The summed E-state index contributed by atoms with van der Waals surface area (Å²) in [5.74, 6) is 0.551. The van der Waals surface area contributed by atoms with E-state index in [0.717, 1.165) is 11.3 Å². The molecule has 1 heterocycles. The van der Waals surface area contributed by atoms with Crippen LogP contribution in [0.5, 0.6) is 5.75 Å². The first-order chi connectivity index (χ1) is 13.5. The normalized spacial score (nSPS) is 15.2. The van der Waals surface area contributed by atoms with Crippen molar-refractivity contribution in [2.45, 2.75) is 17.9 Å². The molecular weight excluding hydrogens is 380 g/mol. The van der Waals surface area contributed by atoms with Gasteiger partial charge in [0, 0.05) is 19.6 Å². The molecular formula is C20H24N2O5S. The molecule has 1 saturated heterocycles. The van der Waals surface area contributed by atoms with Crippen molar-refractivity contribution in [2.24, 2.45) is 0 Å². The average molecular weight is 404 g/mol. The quantitative estimate of drug-likeness (QED) is 0.757. The molecule has 0 saturated carbocycles. The summed E-state index contributed by atoms with van der Waals surface area (Å²) in [5, 5.41) is 2.81. The predicted octanol–water partition coefficient (Wildman–Crippen LogP) is 1.57. The summed E-state index contributed by atoms with van der Waals surface area (Å²) in [5.41, 5.74) is 1.42. The molecule has 0 unspecified atom stereocenters. The summed E-state index contributed by atoms with van der Waals surface area (Å²) in [7, 11) is -2.03. The molecule has 0 atom stereocenters. The predicted molar refractivity (Wildman–Crippen MR) is 105 cm³/mol. The fourth-order valence-corrected chi connectivity index (χ4v) is 4.64. The Morgan fingerprint density at radius 1 is 1.11 bits per heavy atom. The van der Waals surface area contributed by atoms with E-state index in [1.807, 2.05) is 12.1 Å². The number of carbonyl (C=O) groups excluding carboxylic acids is 1. The van der Waals surface area contributed by atoms with E-state index >= 15 is 0 Å². The summed E-state index contributed by atoms with van der Waals surface area (Å²) < 4.78 is 37.7. The molecule has 0 radical (unpaired) electrons. The molecule has 150 valence electrons. The molecule has 1 amide bonds. The van der Waals surface area contributed by atoms with Crippen LogP contribution in [0, 0.1) is 0 Å². The topological polar surface area (TPSA) is 84.9 Å². The van der Waals surface area contributed by atoms with Crippen molar-refractivity contribution in [3.05, 3.63) is 59.7 Å². The lowest BCUT2D eigenvalue weighted by atomic mass is 10.1. The van der Waals surface area contributed by atoms with Crippen LogP contribution in [0.25, 0.3) is 0 Å². The second-order valence-electron chi connectivity index (χ2n) is 6.43. The third-order valence-corrected chi connectivity index (χ3v) is 6.56. The number of hydrogen-bond donors (Lipinski definition) is 1. The van der Waals surface area contributed by atoms with Crippen molar-refractivity contribution < 1.29 is 22.7 Å². The summed E-state index contributed by atoms with van der Waals surface area (Å²) in [6, 6.07) is 14.0. The first-order valence-electron chi connectivity index (χ1n) is 9.06. The van der Waals surface area contributed by atoms with Crippen molar-refractivity contribution in [2.75, 3.05) is 33.4 Å². The van der Waals surface area contributed by atoms with E-state index in [0.29, 0.717) is 31.9 Å². The van der Waals surface area contributed by atoms with Gasteiger partial charge in [-0.05, 0) is 29.3 Å². The highest BCUT2D eigenvalue weighted by molar-refractivity contribution is 7.89. The van der Waals surface area contributed by atoms with Crippen LogP contribution in [-0.4, -0.2) is 52.0 Å². The SMILES string of the molecule is COc1ccc(CC(=O)NCc2ccccc2S(=O)(=O)N2CCOCC2)cc1. The van der Waals surface area contributed by atoms with Crippen LogP contribution < -0.4 is 10.1 Å². The zero-order valence-corrected chi connectivity index (χ0v) is 16.6. The maximum absolute atomic E-state index is 12.9. The van der Waals surface area contributed by atoms with E-state index in [1.54, 1.807) is 43.5 Å². The van der Waals surface area contributed by atoms with Crippen molar-refractivity contribution in [3.63, 3.8) is 0 Å². The summed E-state index contributed by atoms with van der Waals surface area (Å²) in [6.07, 6.45) is 0.211. The number of carbonyl (C=O) groups is 1. The maximum Gasteiger partial charge on any atom is 0.243 e. The third-order valence-electron chi connectivity index (χ3n) is 4.56. The van der Waals surface area contributed by atoms with Crippen LogP contribution in [0.15, 0.2) is 53.4 Å². The van der Waals surface area contributed by atoms with Gasteiger partial charge in [0.25, 0.3) is 0 Å². The number of sulfonamides is 1. The first kappa shape index (κ1) is 20.3. The van der Waals surface area contributed by atoms with Crippen LogP contribution in [0.4, 0.5) is 0 Å². The minimum atomic E-state index is -3.62. The van der Waals surface area contributed by atoms with Crippen molar-refractivity contribution in [1.82, 2.24) is 9.62 Å². The van der Waals surface area contributed by atoms with Gasteiger partial charge in [-0.2, -0.15) is 4.31 Å². The lowest BCUT2D eigenvalue weighted by molar-refractivity contribution is -0.120. The highest BCUT2D eigenvalue weighted by Crippen LogP contribution is 2.21. The number of nitrogens with zero attached hydrogens (tertiary/aromatic N) is 1. The van der Waals surface area contributed by atoms with Gasteiger partial charge in [-0.1, -0.05) is 30.3 Å². The lowest BCUT2D eigenvalue weighted by Crippen LogP contribution is -2.41. The maximum atomic E-state index is 12.9. The Hall–Kier alpha value is -2.42. The molecule has 0 bridgehead atoms. The van der Waals surface area contributed by atoms with E-state index < -0.39 is 10.0 Å². The van der Waals surface area contributed by atoms with E-state index in [1.165, 1.54) is 4.31 Å². The number of benzene rings is 2. The molecule has 0 aromatic heterocycles. The Morgan fingerprint density at radius 3 is 2.46 bits per heavy atom. The van der Waals surface area contributed by atoms with E-state index in [-0.39, 0.29) is 23.8 Å².